The zero-order valence-corrected chi connectivity index (χ0v) is 17.0. The summed E-state index contributed by atoms with van der Waals surface area (Å²) in [6.07, 6.45) is 3.53. The van der Waals surface area contributed by atoms with E-state index in [1.165, 1.54) is 0 Å². The van der Waals surface area contributed by atoms with Crippen LogP contribution in [0.2, 0.25) is 10.0 Å². The average Bonchev–Trinajstić information content (AvgIpc) is 3.02. The third-order valence-electron chi connectivity index (χ3n) is 3.78. The molecule has 0 saturated heterocycles. The van der Waals surface area contributed by atoms with E-state index >= 15 is 0 Å². The standard InChI is InChI=1S/C19H18Cl2N4OS/c1-2-3-18-23-24-19(27)25(18)22-11-13-4-7-15(8-5-13)26-12-14-6-9-16(20)17(21)10-14/h4-11H,2-3,12H2,1H3,(H,24,27)/b22-11+. The van der Waals surface area contributed by atoms with Gasteiger partial charge in [0.25, 0.3) is 0 Å². The predicted molar refractivity (Wildman–Crippen MR) is 112 cm³/mol. The van der Waals surface area contributed by atoms with Crippen molar-refractivity contribution in [3.8, 4) is 5.75 Å². The van der Waals surface area contributed by atoms with Gasteiger partial charge in [-0.3, -0.25) is 5.10 Å². The van der Waals surface area contributed by atoms with E-state index < -0.39 is 0 Å². The third kappa shape index (κ3) is 5.19. The second kappa shape index (κ2) is 9.17. The van der Waals surface area contributed by atoms with Crippen LogP contribution in [0.4, 0.5) is 0 Å². The van der Waals surface area contributed by atoms with Crippen molar-refractivity contribution < 1.29 is 4.74 Å². The van der Waals surface area contributed by atoms with Crippen LogP contribution >= 0.6 is 35.4 Å². The van der Waals surface area contributed by atoms with Crippen molar-refractivity contribution in [2.24, 2.45) is 5.10 Å². The molecule has 0 fully saturated rings. The van der Waals surface area contributed by atoms with Gasteiger partial charge >= 0.3 is 0 Å². The molecule has 0 spiro atoms. The Balaban J connectivity index is 1.64. The van der Waals surface area contributed by atoms with Crippen LogP contribution in [0.25, 0.3) is 0 Å². The molecule has 0 aliphatic rings. The van der Waals surface area contributed by atoms with Crippen LogP contribution in [-0.2, 0) is 13.0 Å². The Morgan fingerprint density at radius 2 is 1.96 bits per heavy atom. The summed E-state index contributed by atoms with van der Waals surface area (Å²) in [4.78, 5) is 0. The van der Waals surface area contributed by atoms with Crippen LogP contribution in [0.15, 0.2) is 47.6 Å². The number of aromatic amines is 1. The Hall–Kier alpha value is -2.15. The van der Waals surface area contributed by atoms with Crippen LogP contribution in [0.3, 0.4) is 0 Å². The molecule has 0 bridgehead atoms. The first-order valence-corrected chi connectivity index (χ1v) is 9.60. The van der Waals surface area contributed by atoms with E-state index in [0.717, 1.165) is 35.5 Å². The predicted octanol–water partition coefficient (Wildman–Crippen LogP) is 5.66. The van der Waals surface area contributed by atoms with Gasteiger partial charge in [0, 0.05) is 6.42 Å². The van der Waals surface area contributed by atoms with E-state index in [0.29, 0.717) is 21.4 Å². The minimum Gasteiger partial charge on any atom is -0.489 e. The number of halogens is 2. The molecule has 2 aromatic carbocycles. The Kier molecular flexibility index (Phi) is 6.66. The third-order valence-corrected chi connectivity index (χ3v) is 4.79. The molecule has 0 amide bonds. The fourth-order valence-corrected chi connectivity index (χ4v) is 2.92. The van der Waals surface area contributed by atoms with Gasteiger partial charge in [0.15, 0.2) is 5.82 Å². The normalized spacial score (nSPS) is 11.2. The number of benzene rings is 2. The highest BCUT2D eigenvalue weighted by Crippen LogP contribution is 2.23. The number of hydrogen-bond acceptors (Lipinski definition) is 4. The molecule has 0 aliphatic heterocycles. The highest BCUT2D eigenvalue weighted by atomic mass is 35.5. The van der Waals surface area contributed by atoms with Crippen molar-refractivity contribution in [2.75, 3.05) is 0 Å². The van der Waals surface area contributed by atoms with Crippen molar-refractivity contribution in [3.05, 3.63) is 74.2 Å². The van der Waals surface area contributed by atoms with Gasteiger partial charge < -0.3 is 4.74 Å². The molecule has 140 valence electrons. The maximum Gasteiger partial charge on any atom is 0.216 e. The van der Waals surface area contributed by atoms with E-state index in [9.17, 15) is 0 Å². The summed E-state index contributed by atoms with van der Waals surface area (Å²) >= 11 is 17.2. The molecule has 27 heavy (non-hydrogen) atoms. The van der Waals surface area contributed by atoms with Crippen LogP contribution in [0.1, 0.15) is 30.3 Å². The molecule has 1 N–H and O–H groups in total. The number of ether oxygens (including phenoxy) is 1. The molecule has 8 heteroatoms. The molecular formula is C19H18Cl2N4OS. The van der Waals surface area contributed by atoms with Crippen LogP contribution in [0.5, 0.6) is 5.75 Å². The van der Waals surface area contributed by atoms with E-state index in [4.69, 9.17) is 40.2 Å². The van der Waals surface area contributed by atoms with Gasteiger partial charge in [-0.1, -0.05) is 36.2 Å². The van der Waals surface area contributed by atoms with Gasteiger partial charge in [-0.25, -0.2) is 0 Å². The molecule has 3 rings (SSSR count). The SMILES string of the molecule is CCCc1n[nH]c(=S)n1/N=C/c1ccc(OCc2ccc(Cl)c(Cl)c2)cc1. The summed E-state index contributed by atoms with van der Waals surface area (Å²) in [5, 5.41) is 12.4. The van der Waals surface area contributed by atoms with Gasteiger partial charge in [-0.05, 0) is 66.2 Å². The number of hydrogen-bond donors (Lipinski definition) is 1. The lowest BCUT2D eigenvalue weighted by Crippen LogP contribution is -1.99. The van der Waals surface area contributed by atoms with Gasteiger partial charge in [0.05, 0.1) is 16.3 Å². The maximum atomic E-state index is 6.02. The summed E-state index contributed by atoms with van der Waals surface area (Å²) in [5.74, 6) is 1.57. The second-order valence-electron chi connectivity index (χ2n) is 5.86. The maximum absolute atomic E-state index is 6.02. The monoisotopic (exact) mass is 420 g/mol. The molecule has 3 aromatic rings. The summed E-state index contributed by atoms with van der Waals surface area (Å²) < 4.78 is 7.91. The number of nitrogens with zero attached hydrogens (tertiary/aromatic N) is 3. The van der Waals surface area contributed by atoms with E-state index in [1.807, 2.05) is 30.3 Å². The highest BCUT2D eigenvalue weighted by molar-refractivity contribution is 7.71. The van der Waals surface area contributed by atoms with Crippen LogP contribution in [-0.4, -0.2) is 21.1 Å². The lowest BCUT2D eigenvalue weighted by atomic mass is 10.2. The van der Waals surface area contributed by atoms with Crippen molar-refractivity contribution >= 4 is 41.6 Å². The minimum atomic E-state index is 0.412. The lowest BCUT2D eigenvalue weighted by Gasteiger charge is -2.07. The Bertz CT molecular complexity index is 996. The molecule has 1 aromatic heterocycles. The Morgan fingerprint density at radius 1 is 1.19 bits per heavy atom. The molecule has 0 atom stereocenters. The molecule has 0 saturated carbocycles. The van der Waals surface area contributed by atoms with Gasteiger partial charge in [-0.2, -0.15) is 14.9 Å². The average molecular weight is 421 g/mol. The number of H-pyrrole nitrogens is 1. The van der Waals surface area contributed by atoms with E-state index in [-0.39, 0.29) is 0 Å². The zero-order valence-electron chi connectivity index (χ0n) is 14.7. The smallest absolute Gasteiger partial charge is 0.216 e. The fourth-order valence-electron chi connectivity index (χ4n) is 2.40. The number of rotatable bonds is 7. The van der Waals surface area contributed by atoms with Crippen molar-refractivity contribution in [1.29, 1.82) is 0 Å². The molecule has 0 aliphatic carbocycles. The van der Waals surface area contributed by atoms with Crippen LogP contribution < -0.4 is 4.74 Å². The van der Waals surface area contributed by atoms with Crippen LogP contribution in [0, 0.1) is 4.77 Å². The van der Waals surface area contributed by atoms with Crippen molar-refractivity contribution in [3.63, 3.8) is 0 Å². The zero-order chi connectivity index (χ0) is 19.2. The number of aryl methyl sites for hydroxylation is 1. The Morgan fingerprint density at radius 3 is 2.67 bits per heavy atom. The summed E-state index contributed by atoms with van der Waals surface area (Å²) in [6, 6.07) is 13.1. The van der Waals surface area contributed by atoms with Crippen molar-refractivity contribution in [2.45, 2.75) is 26.4 Å². The second-order valence-corrected chi connectivity index (χ2v) is 7.06. The van der Waals surface area contributed by atoms with Gasteiger partial charge in [0.2, 0.25) is 4.77 Å². The summed E-state index contributed by atoms with van der Waals surface area (Å²) in [5.41, 5.74) is 1.88. The van der Waals surface area contributed by atoms with Crippen molar-refractivity contribution in [1.82, 2.24) is 14.9 Å². The molecule has 0 radical (unpaired) electrons. The number of nitrogens with one attached hydrogen (secondary N) is 1. The highest BCUT2D eigenvalue weighted by Gasteiger charge is 2.03. The number of aromatic nitrogens is 3. The lowest BCUT2D eigenvalue weighted by molar-refractivity contribution is 0.306. The minimum absolute atomic E-state index is 0.412. The largest absolute Gasteiger partial charge is 0.489 e. The quantitative estimate of drug-likeness (QED) is 0.396. The van der Waals surface area contributed by atoms with E-state index in [2.05, 4.69) is 22.2 Å². The molecular weight excluding hydrogens is 403 g/mol. The topological polar surface area (TPSA) is 55.2 Å². The van der Waals surface area contributed by atoms with Gasteiger partial charge in [0.1, 0.15) is 12.4 Å². The molecule has 1 heterocycles. The molecule has 0 unspecified atom stereocenters. The first kappa shape index (κ1) is 19.6. The molecule has 5 nitrogen and oxygen atoms in total. The Labute approximate surface area is 172 Å². The van der Waals surface area contributed by atoms with E-state index in [1.54, 1.807) is 23.0 Å². The van der Waals surface area contributed by atoms with Gasteiger partial charge in [-0.15, -0.1) is 0 Å². The first-order chi connectivity index (χ1) is 13.1. The first-order valence-electron chi connectivity index (χ1n) is 8.44. The summed E-state index contributed by atoms with van der Waals surface area (Å²) in [7, 11) is 0. The summed E-state index contributed by atoms with van der Waals surface area (Å²) in [6.45, 7) is 2.50. The fraction of sp³-hybridized carbons (Fsp3) is 0.211.